The maximum Gasteiger partial charge on any atom is 0.323 e. The van der Waals surface area contributed by atoms with Crippen LogP contribution in [0.4, 0.5) is 0 Å². The average Bonchev–Trinajstić information content (AvgIpc) is 3.23. The predicted molar refractivity (Wildman–Crippen MR) is 106 cm³/mol. The molecule has 0 aliphatic carbocycles. The Labute approximate surface area is 167 Å². The number of carbonyl (C=O) groups excluding carboxylic acids is 3. The summed E-state index contributed by atoms with van der Waals surface area (Å²) in [4.78, 5) is 41.0. The third kappa shape index (κ3) is 3.31. The van der Waals surface area contributed by atoms with Crippen molar-refractivity contribution in [3.8, 4) is 0 Å². The molecule has 28 heavy (non-hydrogen) atoms. The number of thioether (sulfide) groups is 1. The highest BCUT2D eigenvalue weighted by molar-refractivity contribution is 8.00. The Morgan fingerprint density at radius 2 is 1.64 bits per heavy atom. The number of hydrogen-bond donors (Lipinski definition) is 0. The molecule has 0 N–H and O–H groups in total. The van der Waals surface area contributed by atoms with E-state index in [0.717, 1.165) is 5.56 Å². The first-order chi connectivity index (χ1) is 13.6. The number of fused-ring (bicyclic) bond motifs is 1. The number of hydrogen-bond acceptors (Lipinski definition) is 6. The first-order valence-electron chi connectivity index (χ1n) is 9.04. The number of rotatable bonds is 5. The van der Waals surface area contributed by atoms with E-state index >= 15 is 0 Å². The van der Waals surface area contributed by atoms with Crippen LogP contribution in [0, 0.1) is 0 Å². The van der Waals surface area contributed by atoms with Gasteiger partial charge in [-0.05, 0) is 17.7 Å². The van der Waals surface area contributed by atoms with E-state index < -0.39 is 6.04 Å². The molecular formula is C21H20N2O4S. The Kier molecular flexibility index (Phi) is 5.19. The van der Waals surface area contributed by atoms with Gasteiger partial charge in [-0.3, -0.25) is 24.2 Å². The molecule has 2 aromatic rings. The summed E-state index contributed by atoms with van der Waals surface area (Å²) in [5.74, 6) is -0.286. The number of carbonyl (C=O) groups is 3. The van der Waals surface area contributed by atoms with E-state index in [9.17, 15) is 14.4 Å². The minimum atomic E-state index is -0.407. The standard InChI is InChI=1S/C21H20N2O4S/c1-27-21(26)17-13-28-18(22(17)11-14-7-3-2-4-8-14)12-23-19(24)15-9-5-6-10-16(15)20(23)25/h2-10,17-18H,11-13H2,1H3/t17-,18+/m0/s1. The summed E-state index contributed by atoms with van der Waals surface area (Å²) in [6.07, 6.45) is 0. The molecule has 2 aliphatic heterocycles. The Morgan fingerprint density at radius 3 is 2.25 bits per heavy atom. The van der Waals surface area contributed by atoms with Gasteiger partial charge in [0, 0.05) is 12.3 Å². The zero-order chi connectivity index (χ0) is 19.7. The lowest BCUT2D eigenvalue weighted by molar-refractivity contribution is -0.146. The number of nitrogens with zero attached hydrogens (tertiary/aromatic N) is 2. The van der Waals surface area contributed by atoms with Crippen molar-refractivity contribution in [1.82, 2.24) is 9.80 Å². The number of methoxy groups -OCH3 is 1. The lowest BCUT2D eigenvalue weighted by atomic mass is 10.1. The molecule has 2 aromatic carbocycles. The van der Waals surface area contributed by atoms with Crippen LogP contribution in [0.2, 0.25) is 0 Å². The SMILES string of the molecule is COC(=O)[C@@H]1CS[C@H](CN2C(=O)c3ccccc3C2=O)N1Cc1ccccc1. The van der Waals surface area contributed by atoms with Crippen molar-refractivity contribution in [3.63, 3.8) is 0 Å². The number of esters is 1. The Balaban J connectivity index is 1.57. The minimum Gasteiger partial charge on any atom is -0.468 e. The normalized spacial score (nSPS) is 21.8. The summed E-state index contributed by atoms with van der Waals surface area (Å²) in [7, 11) is 1.38. The van der Waals surface area contributed by atoms with E-state index in [0.29, 0.717) is 23.4 Å². The van der Waals surface area contributed by atoms with Crippen molar-refractivity contribution in [3.05, 3.63) is 71.3 Å². The highest BCUT2D eigenvalue weighted by Gasteiger charge is 2.43. The van der Waals surface area contributed by atoms with Crippen molar-refractivity contribution < 1.29 is 19.1 Å². The number of imide groups is 1. The number of benzene rings is 2. The molecule has 0 radical (unpaired) electrons. The van der Waals surface area contributed by atoms with Crippen LogP contribution in [-0.4, -0.2) is 58.4 Å². The fourth-order valence-corrected chi connectivity index (χ4v) is 5.06. The Morgan fingerprint density at radius 1 is 1.04 bits per heavy atom. The lowest BCUT2D eigenvalue weighted by Gasteiger charge is -2.30. The van der Waals surface area contributed by atoms with Gasteiger partial charge >= 0.3 is 5.97 Å². The fraction of sp³-hybridized carbons (Fsp3) is 0.286. The van der Waals surface area contributed by atoms with Crippen LogP contribution in [0.5, 0.6) is 0 Å². The van der Waals surface area contributed by atoms with Crippen molar-refractivity contribution in [2.75, 3.05) is 19.4 Å². The molecule has 6 nitrogen and oxygen atoms in total. The molecule has 0 unspecified atom stereocenters. The van der Waals surface area contributed by atoms with E-state index in [1.54, 1.807) is 36.0 Å². The van der Waals surface area contributed by atoms with Crippen molar-refractivity contribution in [2.24, 2.45) is 0 Å². The van der Waals surface area contributed by atoms with Gasteiger partial charge in [0.1, 0.15) is 6.04 Å². The lowest BCUT2D eigenvalue weighted by Crippen LogP contribution is -2.47. The van der Waals surface area contributed by atoms with Crippen LogP contribution < -0.4 is 0 Å². The predicted octanol–water partition coefficient (Wildman–Crippen LogP) is 2.40. The molecule has 0 aromatic heterocycles. The van der Waals surface area contributed by atoms with Gasteiger partial charge in [0.25, 0.3) is 11.8 Å². The van der Waals surface area contributed by atoms with Crippen LogP contribution >= 0.6 is 11.8 Å². The smallest absolute Gasteiger partial charge is 0.323 e. The first-order valence-corrected chi connectivity index (χ1v) is 10.1. The highest BCUT2D eigenvalue weighted by Crippen LogP contribution is 2.34. The Bertz CT molecular complexity index is 883. The molecule has 0 spiro atoms. The zero-order valence-electron chi connectivity index (χ0n) is 15.4. The van der Waals surface area contributed by atoms with Gasteiger partial charge in [0.05, 0.1) is 30.2 Å². The maximum atomic E-state index is 12.7. The van der Waals surface area contributed by atoms with Crippen molar-refractivity contribution in [2.45, 2.75) is 18.0 Å². The van der Waals surface area contributed by atoms with Crippen LogP contribution in [0.3, 0.4) is 0 Å². The van der Waals surface area contributed by atoms with E-state index in [1.165, 1.54) is 12.0 Å². The zero-order valence-corrected chi connectivity index (χ0v) is 16.2. The molecule has 1 saturated heterocycles. The summed E-state index contributed by atoms with van der Waals surface area (Å²) < 4.78 is 4.97. The first kappa shape index (κ1) is 18.7. The van der Waals surface area contributed by atoms with Crippen molar-refractivity contribution >= 4 is 29.5 Å². The summed E-state index contributed by atoms with van der Waals surface area (Å²) in [5, 5.41) is -0.175. The second-order valence-corrected chi connectivity index (χ2v) is 7.96. The molecule has 2 heterocycles. The molecular weight excluding hydrogens is 376 g/mol. The van der Waals surface area contributed by atoms with Gasteiger partial charge in [0.15, 0.2) is 0 Å². The number of amides is 2. The average molecular weight is 396 g/mol. The molecule has 0 saturated carbocycles. The highest BCUT2D eigenvalue weighted by atomic mass is 32.2. The molecule has 7 heteroatoms. The van der Waals surface area contributed by atoms with E-state index in [2.05, 4.69) is 0 Å². The van der Waals surface area contributed by atoms with E-state index in [1.807, 2.05) is 35.2 Å². The van der Waals surface area contributed by atoms with Gasteiger partial charge in [-0.1, -0.05) is 42.5 Å². The van der Waals surface area contributed by atoms with Gasteiger partial charge in [0.2, 0.25) is 0 Å². The molecule has 0 bridgehead atoms. The Hall–Kier alpha value is -2.64. The molecule has 2 atom stereocenters. The number of ether oxygens (including phenoxy) is 1. The summed E-state index contributed by atoms with van der Waals surface area (Å²) in [5.41, 5.74) is 1.94. The fourth-order valence-electron chi connectivity index (χ4n) is 3.66. The maximum absolute atomic E-state index is 12.7. The topological polar surface area (TPSA) is 66.9 Å². The second-order valence-electron chi connectivity index (χ2n) is 6.75. The van der Waals surface area contributed by atoms with Crippen LogP contribution in [0.25, 0.3) is 0 Å². The van der Waals surface area contributed by atoms with E-state index in [4.69, 9.17) is 4.74 Å². The third-order valence-corrected chi connectivity index (χ3v) is 6.43. The minimum absolute atomic E-state index is 0.175. The molecule has 2 aliphatic rings. The van der Waals surface area contributed by atoms with Gasteiger partial charge in [-0.25, -0.2) is 0 Å². The largest absolute Gasteiger partial charge is 0.468 e. The second kappa shape index (κ2) is 7.77. The monoisotopic (exact) mass is 396 g/mol. The summed E-state index contributed by atoms with van der Waals surface area (Å²) in [6.45, 7) is 0.777. The van der Waals surface area contributed by atoms with E-state index in [-0.39, 0.29) is 29.7 Å². The molecule has 4 rings (SSSR count). The van der Waals surface area contributed by atoms with Gasteiger partial charge in [-0.15, -0.1) is 11.8 Å². The van der Waals surface area contributed by atoms with Crippen LogP contribution in [0.1, 0.15) is 26.3 Å². The molecule has 1 fully saturated rings. The third-order valence-electron chi connectivity index (χ3n) is 5.11. The summed E-state index contributed by atoms with van der Waals surface area (Å²) in [6, 6.07) is 16.3. The van der Waals surface area contributed by atoms with Gasteiger partial charge in [-0.2, -0.15) is 0 Å². The van der Waals surface area contributed by atoms with Crippen molar-refractivity contribution in [1.29, 1.82) is 0 Å². The van der Waals surface area contributed by atoms with Crippen LogP contribution in [-0.2, 0) is 16.1 Å². The molecule has 2 amide bonds. The quantitative estimate of drug-likeness (QED) is 0.571. The molecule has 144 valence electrons. The van der Waals surface area contributed by atoms with Crippen LogP contribution in [0.15, 0.2) is 54.6 Å². The summed E-state index contributed by atoms with van der Waals surface area (Å²) >= 11 is 1.57. The van der Waals surface area contributed by atoms with Gasteiger partial charge < -0.3 is 4.74 Å².